The van der Waals surface area contributed by atoms with E-state index in [1.807, 2.05) is 13.8 Å². The Bertz CT molecular complexity index is 1030. The van der Waals surface area contributed by atoms with E-state index in [-0.39, 0.29) is 24.5 Å². The maximum Gasteiger partial charge on any atom is 0.326 e. The second-order valence-corrected chi connectivity index (χ2v) is 8.71. The first-order valence-electron chi connectivity index (χ1n) is 11.8. The molecule has 0 bridgehead atoms. The van der Waals surface area contributed by atoms with Gasteiger partial charge in [0.15, 0.2) is 0 Å². The van der Waals surface area contributed by atoms with Crippen LogP contribution in [0.2, 0.25) is 0 Å². The van der Waals surface area contributed by atoms with Gasteiger partial charge in [-0.1, -0.05) is 62.7 Å². The van der Waals surface area contributed by atoms with E-state index in [0.717, 1.165) is 5.56 Å². The molecule has 0 aliphatic rings. The van der Waals surface area contributed by atoms with Crippen LogP contribution in [-0.4, -0.2) is 58.6 Å². The van der Waals surface area contributed by atoms with Gasteiger partial charge in [-0.15, -0.1) is 0 Å². The van der Waals surface area contributed by atoms with Crippen molar-refractivity contribution in [3.05, 3.63) is 65.7 Å². The third kappa shape index (κ3) is 9.03. The summed E-state index contributed by atoms with van der Waals surface area (Å²) in [7, 11) is 0. The number of carbonyl (C=O) groups is 4. The minimum atomic E-state index is -1.22. The second kappa shape index (κ2) is 13.8. The summed E-state index contributed by atoms with van der Waals surface area (Å²) in [5, 5.41) is 26.7. The van der Waals surface area contributed by atoms with Gasteiger partial charge in [0.2, 0.25) is 17.7 Å². The van der Waals surface area contributed by atoms with Crippen LogP contribution in [0, 0.1) is 5.92 Å². The molecule has 2 aromatic carbocycles. The molecule has 36 heavy (non-hydrogen) atoms. The van der Waals surface area contributed by atoms with Crippen LogP contribution in [0.3, 0.4) is 0 Å². The van der Waals surface area contributed by atoms with E-state index in [9.17, 15) is 29.4 Å². The number of carbonyl (C=O) groups excluding carboxylic acids is 3. The van der Waals surface area contributed by atoms with Crippen LogP contribution < -0.4 is 21.7 Å². The number of hydrogen-bond acceptors (Lipinski definition) is 6. The summed E-state index contributed by atoms with van der Waals surface area (Å²) in [6.45, 7) is 3.34. The molecule has 4 atom stereocenters. The van der Waals surface area contributed by atoms with Crippen molar-refractivity contribution in [1.29, 1.82) is 0 Å². The third-order valence-electron chi connectivity index (χ3n) is 5.91. The van der Waals surface area contributed by atoms with E-state index in [2.05, 4.69) is 16.0 Å². The van der Waals surface area contributed by atoms with Gasteiger partial charge in [0, 0.05) is 12.8 Å². The fourth-order valence-electron chi connectivity index (χ4n) is 3.44. The van der Waals surface area contributed by atoms with E-state index in [4.69, 9.17) is 5.73 Å². The lowest BCUT2D eigenvalue weighted by atomic mass is 9.99. The van der Waals surface area contributed by atoms with Gasteiger partial charge in [-0.25, -0.2) is 4.79 Å². The molecule has 2 aromatic rings. The molecule has 0 saturated carbocycles. The fourth-order valence-corrected chi connectivity index (χ4v) is 3.44. The second-order valence-electron chi connectivity index (χ2n) is 8.71. The smallest absolute Gasteiger partial charge is 0.326 e. The van der Waals surface area contributed by atoms with Gasteiger partial charge in [-0.2, -0.15) is 0 Å². The van der Waals surface area contributed by atoms with Gasteiger partial charge < -0.3 is 31.9 Å². The van der Waals surface area contributed by atoms with E-state index < -0.39 is 48.4 Å². The maximum atomic E-state index is 13.1. The summed E-state index contributed by atoms with van der Waals surface area (Å²) in [6.07, 6.45) is 0.796. The van der Waals surface area contributed by atoms with Crippen LogP contribution in [-0.2, 0) is 32.0 Å². The van der Waals surface area contributed by atoms with Crippen molar-refractivity contribution < 1.29 is 29.4 Å². The first-order chi connectivity index (χ1) is 17.1. The molecule has 0 saturated heterocycles. The number of benzene rings is 2. The number of aromatic hydroxyl groups is 1. The number of carboxylic acids is 1. The summed E-state index contributed by atoms with van der Waals surface area (Å²) in [4.78, 5) is 49.7. The summed E-state index contributed by atoms with van der Waals surface area (Å²) < 4.78 is 0. The van der Waals surface area contributed by atoms with Gasteiger partial charge >= 0.3 is 5.97 Å². The molecule has 0 spiro atoms. The number of amides is 3. The van der Waals surface area contributed by atoms with Gasteiger partial charge in [-0.05, 0) is 29.2 Å². The Balaban J connectivity index is 2.11. The lowest BCUT2D eigenvalue weighted by Crippen LogP contribution is -2.55. The molecule has 0 heterocycles. The average molecular weight is 499 g/mol. The number of carboxylic acid groups (broad SMARTS) is 1. The van der Waals surface area contributed by atoms with E-state index >= 15 is 0 Å². The summed E-state index contributed by atoms with van der Waals surface area (Å²) in [5.41, 5.74) is 7.24. The van der Waals surface area contributed by atoms with Crippen LogP contribution in [0.5, 0.6) is 5.75 Å². The van der Waals surface area contributed by atoms with Gasteiger partial charge in [0.05, 0.1) is 12.6 Å². The quantitative estimate of drug-likeness (QED) is 0.236. The van der Waals surface area contributed by atoms with Crippen LogP contribution in [0.15, 0.2) is 54.6 Å². The minimum absolute atomic E-state index is 0.0376. The Morgan fingerprint density at radius 1 is 0.861 bits per heavy atom. The predicted molar refractivity (Wildman–Crippen MR) is 134 cm³/mol. The average Bonchev–Trinajstić information content (AvgIpc) is 2.87. The molecule has 7 N–H and O–H groups in total. The molecule has 0 fully saturated rings. The first-order valence-corrected chi connectivity index (χ1v) is 11.8. The Morgan fingerprint density at radius 2 is 1.44 bits per heavy atom. The molecule has 4 unspecified atom stereocenters. The number of phenolic OH excluding ortho intramolecular Hbond substituents is 1. The van der Waals surface area contributed by atoms with E-state index in [1.54, 1.807) is 42.5 Å². The molecular weight excluding hydrogens is 464 g/mol. The highest BCUT2D eigenvalue weighted by Crippen LogP contribution is 2.12. The largest absolute Gasteiger partial charge is 0.508 e. The van der Waals surface area contributed by atoms with Crippen molar-refractivity contribution >= 4 is 23.7 Å². The number of nitrogens with one attached hydrogen (secondary N) is 3. The Hall–Kier alpha value is -3.92. The molecule has 3 amide bonds. The highest BCUT2D eigenvalue weighted by atomic mass is 16.4. The molecule has 0 radical (unpaired) electrons. The molecule has 0 aliphatic heterocycles. The van der Waals surface area contributed by atoms with Crippen molar-refractivity contribution in [2.75, 3.05) is 6.54 Å². The molecule has 0 aliphatic carbocycles. The number of hydrogen-bond donors (Lipinski definition) is 6. The molecule has 10 heteroatoms. The maximum absolute atomic E-state index is 13.1. The van der Waals surface area contributed by atoms with E-state index in [0.29, 0.717) is 12.0 Å². The highest BCUT2D eigenvalue weighted by molar-refractivity contribution is 5.92. The number of rotatable bonds is 13. The van der Waals surface area contributed by atoms with Crippen molar-refractivity contribution in [1.82, 2.24) is 16.0 Å². The van der Waals surface area contributed by atoms with E-state index in [1.165, 1.54) is 12.1 Å². The van der Waals surface area contributed by atoms with Crippen molar-refractivity contribution in [2.45, 2.75) is 51.2 Å². The van der Waals surface area contributed by atoms with Crippen molar-refractivity contribution in [3.63, 3.8) is 0 Å². The van der Waals surface area contributed by atoms with Gasteiger partial charge in [0.25, 0.3) is 0 Å². The van der Waals surface area contributed by atoms with Gasteiger partial charge in [0.1, 0.15) is 17.8 Å². The zero-order valence-electron chi connectivity index (χ0n) is 20.4. The SMILES string of the molecule is CCC(C)C(N)C(=O)NCC(=O)NC(Cc1ccc(O)cc1)C(=O)NC(Cc1ccccc1)C(=O)O. The predicted octanol–water partition coefficient (Wildman–Crippen LogP) is 0.721. The Labute approximate surface area is 210 Å². The van der Waals surface area contributed by atoms with Crippen molar-refractivity contribution in [3.8, 4) is 5.75 Å². The first kappa shape index (κ1) is 28.3. The monoisotopic (exact) mass is 498 g/mol. The standard InChI is InChI=1S/C26H34N4O6/c1-3-16(2)23(27)25(34)28-15-22(32)29-20(13-18-9-11-19(31)12-10-18)24(33)30-21(26(35)36)14-17-7-5-4-6-8-17/h4-12,16,20-21,23,31H,3,13-15,27H2,1-2H3,(H,28,34)(H,29,32)(H,30,33)(H,35,36). The normalized spacial score (nSPS) is 14.1. The topological polar surface area (TPSA) is 171 Å². The zero-order chi connectivity index (χ0) is 26.7. The van der Waals surface area contributed by atoms with Crippen LogP contribution in [0.1, 0.15) is 31.4 Å². The summed E-state index contributed by atoms with van der Waals surface area (Å²) in [6, 6.07) is 11.8. The third-order valence-corrected chi connectivity index (χ3v) is 5.91. The van der Waals surface area contributed by atoms with Crippen molar-refractivity contribution in [2.24, 2.45) is 11.7 Å². The van der Waals surface area contributed by atoms with Crippen LogP contribution in [0.25, 0.3) is 0 Å². The number of phenols is 1. The van der Waals surface area contributed by atoms with Crippen LogP contribution in [0.4, 0.5) is 0 Å². The Morgan fingerprint density at radius 3 is 2.03 bits per heavy atom. The lowest BCUT2D eigenvalue weighted by molar-refractivity contribution is -0.142. The summed E-state index contributed by atoms with van der Waals surface area (Å²) >= 11 is 0. The van der Waals surface area contributed by atoms with Crippen LogP contribution >= 0.6 is 0 Å². The van der Waals surface area contributed by atoms with Gasteiger partial charge in [-0.3, -0.25) is 14.4 Å². The number of aliphatic carboxylic acids is 1. The zero-order valence-corrected chi connectivity index (χ0v) is 20.4. The molecule has 2 rings (SSSR count). The summed E-state index contributed by atoms with van der Waals surface area (Å²) in [5.74, 6) is -3.05. The molecule has 194 valence electrons. The fraction of sp³-hybridized carbons (Fsp3) is 0.385. The Kier molecular flexibility index (Phi) is 10.9. The minimum Gasteiger partial charge on any atom is -0.508 e. The molecule has 10 nitrogen and oxygen atoms in total. The highest BCUT2D eigenvalue weighted by Gasteiger charge is 2.27. The molecule has 0 aromatic heterocycles. The lowest BCUT2D eigenvalue weighted by Gasteiger charge is -2.22. The number of nitrogens with two attached hydrogens (primary N) is 1. The molecular formula is C26H34N4O6.